The van der Waals surface area contributed by atoms with Gasteiger partial charge in [0.1, 0.15) is 5.41 Å². The van der Waals surface area contributed by atoms with Crippen LogP contribution in [0, 0.1) is 5.41 Å². The predicted molar refractivity (Wildman–Crippen MR) is 73.0 cm³/mol. The molecular weight excluding hydrogens is 246 g/mol. The number of nitrogens with zero attached hydrogens (tertiary/aromatic N) is 1. The fourth-order valence-corrected chi connectivity index (χ4v) is 2.52. The fraction of sp³-hybridized carbons (Fsp3) is 0.846. The monoisotopic (exact) mass is 271 g/mol. The largest absolute Gasteiger partial charge is 0.409 e. The second-order valence-electron chi connectivity index (χ2n) is 5.24. The van der Waals surface area contributed by atoms with Crippen molar-refractivity contribution in [3.63, 3.8) is 0 Å². The minimum atomic E-state index is -0.862. The van der Waals surface area contributed by atoms with Crippen LogP contribution in [0.5, 0.6) is 0 Å². The molecule has 0 heterocycles. The van der Waals surface area contributed by atoms with Gasteiger partial charge in [0.05, 0.1) is 6.10 Å². The van der Waals surface area contributed by atoms with E-state index in [9.17, 15) is 4.79 Å². The van der Waals surface area contributed by atoms with Crippen molar-refractivity contribution in [3.8, 4) is 0 Å². The molecule has 0 aliphatic heterocycles. The summed E-state index contributed by atoms with van der Waals surface area (Å²) in [5, 5.41) is 14.9. The van der Waals surface area contributed by atoms with Crippen LogP contribution >= 0.6 is 0 Å². The lowest BCUT2D eigenvalue weighted by Gasteiger charge is -2.30. The molecule has 1 rings (SSSR count). The minimum absolute atomic E-state index is 0.0250. The third kappa shape index (κ3) is 3.83. The van der Waals surface area contributed by atoms with E-state index in [0.717, 1.165) is 25.7 Å². The topological polar surface area (TPSA) is 96.9 Å². The number of rotatable bonds is 5. The van der Waals surface area contributed by atoms with Gasteiger partial charge in [0.15, 0.2) is 5.84 Å². The summed E-state index contributed by atoms with van der Waals surface area (Å²) in [4.78, 5) is 12.5. The number of oxime groups is 1. The average Bonchev–Trinajstić information content (AvgIpc) is 2.70. The van der Waals surface area contributed by atoms with Gasteiger partial charge in [0, 0.05) is 13.7 Å². The van der Waals surface area contributed by atoms with Crippen molar-refractivity contribution in [2.75, 3.05) is 13.7 Å². The summed E-state index contributed by atoms with van der Waals surface area (Å²) >= 11 is 0. The molecule has 0 aromatic heterocycles. The molecule has 0 aromatic rings. The lowest BCUT2D eigenvalue weighted by Crippen LogP contribution is -2.51. The maximum atomic E-state index is 12.5. The molecule has 0 spiro atoms. The van der Waals surface area contributed by atoms with Gasteiger partial charge in [0.2, 0.25) is 5.91 Å². The van der Waals surface area contributed by atoms with Crippen LogP contribution in [-0.4, -0.2) is 36.7 Å². The highest BCUT2D eigenvalue weighted by atomic mass is 16.5. The average molecular weight is 271 g/mol. The highest BCUT2D eigenvalue weighted by Gasteiger charge is 2.42. The van der Waals surface area contributed by atoms with Gasteiger partial charge >= 0.3 is 0 Å². The lowest BCUT2D eigenvalue weighted by molar-refractivity contribution is -0.128. The second kappa shape index (κ2) is 7.33. The van der Waals surface area contributed by atoms with Gasteiger partial charge < -0.3 is 21.0 Å². The zero-order valence-corrected chi connectivity index (χ0v) is 11.8. The Balaban J connectivity index is 2.81. The minimum Gasteiger partial charge on any atom is -0.409 e. The Hall–Kier alpha value is -1.30. The van der Waals surface area contributed by atoms with Gasteiger partial charge in [-0.15, -0.1) is 0 Å². The normalized spacial score (nSPS) is 21.5. The number of methoxy groups -OCH3 is 1. The van der Waals surface area contributed by atoms with Gasteiger partial charge in [-0.05, 0) is 19.8 Å². The summed E-state index contributed by atoms with van der Waals surface area (Å²) in [7, 11) is 1.60. The van der Waals surface area contributed by atoms with E-state index >= 15 is 0 Å². The van der Waals surface area contributed by atoms with Gasteiger partial charge in [-0.25, -0.2) is 0 Å². The molecule has 1 amide bonds. The molecule has 4 N–H and O–H groups in total. The molecule has 1 unspecified atom stereocenters. The van der Waals surface area contributed by atoms with Crippen LogP contribution in [0.25, 0.3) is 0 Å². The van der Waals surface area contributed by atoms with Gasteiger partial charge in [0.25, 0.3) is 0 Å². The number of carbonyl (C=O) groups is 1. The molecule has 1 aliphatic carbocycles. The van der Waals surface area contributed by atoms with E-state index in [0.29, 0.717) is 19.4 Å². The summed E-state index contributed by atoms with van der Waals surface area (Å²) in [6.07, 6.45) is 5.22. The molecule has 110 valence electrons. The SMILES string of the molecule is COC(C)CNC(=O)C1(C(N)=NO)CCCCCC1. The number of hydrogen-bond acceptors (Lipinski definition) is 4. The number of nitrogens with two attached hydrogens (primary N) is 1. The second-order valence-corrected chi connectivity index (χ2v) is 5.24. The first-order valence-corrected chi connectivity index (χ1v) is 6.86. The number of hydrogen-bond donors (Lipinski definition) is 3. The summed E-state index contributed by atoms with van der Waals surface area (Å²) in [6, 6.07) is 0. The molecule has 0 bridgehead atoms. The van der Waals surface area contributed by atoms with E-state index < -0.39 is 5.41 Å². The number of ether oxygens (including phenoxy) is 1. The third-order valence-corrected chi connectivity index (χ3v) is 3.94. The third-order valence-electron chi connectivity index (χ3n) is 3.94. The Morgan fingerprint density at radius 3 is 2.47 bits per heavy atom. The summed E-state index contributed by atoms with van der Waals surface area (Å²) in [5.74, 6) is -0.134. The van der Waals surface area contributed by atoms with Crippen molar-refractivity contribution in [2.45, 2.75) is 51.6 Å². The molecule has 19 heavy (non-hydrogen) atoms. The molecule has 6 nitrogen and oxygen atoms in total. The Kier molecular flexibility index (Phi) is 6.08. The van der Waals surface area contributed by atoms with Crippen molar-refractivity contribution in [2.24, 2.45) is 16.3 Å². The highest BCUT2D eigenvalue weighted by Crippen LogP contribution is 2.35. The van der Waals surface area contributed by atoms with Crippen LogP contribution in [-0.2, 0) is 9.53 Å². The zero-order chi connectivity index (χ0) is 14.3. The summed E-state index contributed by atoms with van der Waals surface area (Å²) in [6.45, 7) is 2.30. The lowest BCUT2D eigenvalue weighted by atomic mass is 9.78. The van der Waals surface area contributed by atoms with Crippen molar-refractivity contribution in [1.82, 2.24) is 5.32 Å². The number of amidine groups is 1. The Morgan fingerprint density at radius 1 is 1.42 bits per heavy atom. The molecule has 1 saturated carbocycles. The molecule has 6 heteroatoms. The Labute approximate surface area is 114 Å². The van der Waals surface area contributed by atoms with E-state index in [1.54, 1.807) is 7.11 Å². The van der Waals surface area contributed by atoms with Gasteiger partial charge in [-0.1, -0.05) is 30.8 Å². The van der Waals surface area contributed by atoms with Crippen LogP contribution in [0.4, 0.5) is 0 Å². The van der Waals surface area contributed by atoms with Crippen LogP contribution in [0.2, 0.25) is 0 Å². The van der Waals surface area contributed by atoms with E-state index in [2.05, 4.69) is 10.5 Å². The summed E-state index contributed by atoms with van der Waals surface area (Å²) in [5.41, 5.74) is 4.94. The standard InChI is InChI=1S/C13H25N3O3/c1-10(19-2)9-15-12(17)13(11(14)16-18)7-5-3-4-6-8-13/h10,18H,3-9H2,1-2H3,(H2,14,16)(H,15,17). The van der Waals surface area contributed by atoms with Crippen LogP contribution in [0.15, 0.2) is 5.16 Å². The van der Waals surface area contributed by atoms with E-state index in [-0.39, 0.29) is 17.8 Å². The van der Waals surface area contributed by atoms with E-state index in [4.69, 9.17) is 15.7 Å². The van der Waals surface area contributed by atoms with Crippen molar-refractivity contribution >= 4 is 11.7 Å². The predicted octanol–water partition coefficient (Wildman–Crippen LogP) is 1.22. The molecule has 0 saturated heterocycles. The first-order chi connectivity index (χ1) is 9.06. The van der Waals surface area contributed by atoms with Crippen LogP contribution < -0.4 is 11.1 Å². The molecule has 0 aromatic carbocycles. The molecule has 1 fully saturated rings. The van der Waals surface area contributed by atoms with E-state index in [1.807, 2.05) is 6.92 Å². The van der Waals surface area contributed by atoms with Gasteiger partial charge in [-0.3, -0.25) is 4.79 Å². The van der Waals surface area contributed by atoms with Crippen LogP contribution in [0.3, 0.4) is 0 Å². The first kappa shape index (κ1) is 15.8. The molecule has 0 radical (unpaired) electrons. The molecule has 1 aliphatic rings. The zero-order valence-electron chi connectivity index (χ0n) is 11.8. The molecule has 1 atom stereocenters. The maximum absolute atomic E-state index is 12.5. The smallest absolute Gasteiger partial charge is 0.234 e. The maximum Gasteiger partial charge on any atom is 0.234 e. The number of amides is 1. The first-order valence-electron chi connectivity index (χ1n) is 6.86. The number of carbonyl (C=O) groups excluding carboxylic acids is 1. The molecular formula is C13H25N3O3. The quantitative estimate of drug-likeness (QED) is 0.230. The Morgan fingerprint density at radius 2 is 2.00 bits per heavy atom. The number of nitrogens with one attached hydrogen (secondary N) is 1. The Bertz CT molecular complexity index is 323. The van der Waals surface area contributed by atoms with E-state index in [1.165, 1.54) is 0 Å². The highest BCUT2D eigenvalue weighted by molar-refractivity contribution is 6.06. The van der Waals surface area contributed by atoms with Crippen LogP contribution in [0.1, 0.15) is 45.4 Å². The van der Waals surface area contributed by atoms with Gasteiger partial charge in [-0.2, -0.15) is 0 Å². The van der Waals surface area contributed by atoms with Crippen molar-refractivity contribution in [3.05, 3.63) is 0 Å². The fourth-order valence-electron chi connectivity index (χ4n) is 2.52. The summed E-state index contributed by atoms with van der Waals surface area (Å²) < 4.78 is 5.11. The van der Waals surface area contributed by atoms with Crippen molar-refractivity contribution in [1.29, 1.82) is 0 Å². The van der Waals surface area contributed by atoms with Crippen molar-refractivity contribution < 1.29 is 14.7 Å².